The van der Waals surface area contributed by atoms with Crippen LogP contribution >= 0.6 is 11.3 Å². The van der Waals surface area contributed by atoms with Crippen LogP contribution < -0.4 is 15.5 Å². The first-order chi connectivity index (χ1) is 13.6. The summed E-state index contributed by atoms with van der Waals surface area (Å²) in [5.41, 5.74) is 2.72. The molecule has 1 amide bonds. The molecule has 1 fully saturated rings. The molecular formula is C21H21FN4OS. The number of pyridine rings is 1. The maximum Gasteiger partial charge on any atom is 0.265 e. The zero-order valence-corrected chi connectivity index (χ0v) is 16.3. The molecule has 7 heteroatoms. The van der Waals surface area contributed by atoms with E-state index in [-0.39, 0.29) is 5.91 Å². The van der Waals surface area contributed by atoms with Gasteiger partial charge in [-0.15, -0.1) is 11.3 Å². The van der Waals surface area contributed by atoms with E-state index in [1.54, 1.807) is 12.1 Å². The third kappa shape index (κ3) is 4.05. The smallest absolute Gasteiger partial charge is 0.265 e. The number of nitrogens with zero attached hydrogens (tertiary/aromatic N) is 2. The van der Waals surface area contributed by atoms with Gasteiger partial charge < -0.3 is 15.5 Å². The van der Waals surface area contributed by atoms with Crippen LogP contribution in [-0.4, -0.2) is 37.1 Å². The van der Waals surface area contributed by atoms with Crippen molar-refractivity contribution in [2.45, 2.75) is 12.5 Å². The minimum absolute atomic E-state index is 0.157. The van der Waals surface area contributed by atoms with Crippen molar-refractivity contribution in [2.75, 3.05) is 30.4 Å². The molecule has 1 atom stereocenters. The van der Waals surface area contributed by atoms with E-state index in [1.807, 2.05) is 37.4 Å². The number of carbonyl (C=O) groups is 1. The highest BCUT2D eigenvalue weighted by Crippen LogP contribution is 2.28. The summed E-state index contributed by atoms with van der Waals surface area (Å²) in [5, 5.41) is 6.25. The number of hydrogen-bond donors (Lipinski definition) is 2. The Kier molecular flexibility index (Phi) is 5.36. The van der Waals surface area contributed by atoms with Crippen LogP contribution in [0.5, 0.6) is 0 Å². The summed E-state index contributed by atoms with van der Waals surface area (Å²) in [5.74, 6) is -0.674. The Bertz CT molecular complexity index is 955. The molecule has 0 saturated carbocycles. The SMILES string of the molecule is CNC1CCN(c2ccc(NC(=O)c3ccc(-c4ccc(F)nc4)s3)cc2)C1. The van der Waals surface area contributed by atoms with Crippen molar-refractivity contribution in [3.8, 4) is 10.4 Å². The van der Waals surface area contributed by atoms with E-state index in [0.29, 0.717) is 10.9 Å². The van der Waals surface area contributed by atoms with E-state index in [4.69, 9.17) is 0 Å². The maximum absolute atomic E-state index is 13.0. The summed E-state index contributed by atoms with van der Waals surface area (Å²) in [7, 11) is 2.00. The molecule has 0 radical (unpaired) electrons. The maximum atomic E-state index is 13.0. The van der Waals surface area contributed by atoms with Gasteiger partial charge >= 0.3 is 0 Å². The van der Waals surface area contributed by atoms with Crippen LogP contribution in [0.2, 0.25) is 0 Å². The van der Waals surface area contributed by atoms with Crippen LogP contribution in [0.25, 0.3) is 10.4 Å². The minimum atomic E-state index is -0.517. The summed E-state index contributed by atoms with van der Waals surface area (Å²) < 4.78 is 13.0. The predicted octanol–water partition coefficient (Wildman–Crippen LogP) is 4.00. The number of thiophene rings is 1. The van der Waals surface area contributed by atoms with Crippen LogP contribution in [0.1, 0.15) is 16.1 Å². The molecule has 1 saturated heterocycles. The van der Waals surface area contributed by atoms with Gasteiger partial charge in [0.1, 0.15) is 0 Å². The molecule has 3 aromatic rings. The summed E-state index contributed by atoms with van der Waals surface area (Å²) in [6.45, 7) is 2.03. The van der Waals surface area contributed by atoms with Gasteiger partial charge in [0.2, 0.25) is 5.95 Å². The van der Waals surface area contributed by atoms with Crippen molar-refractivity contribution in [1.82, 2.24) is 10.3 Å². The molecule has 0 bridgehead atoms. The van der Waals surface area contributed by atoms with Gasteiger partial charge in [-0.3, -0.25) is 4.79 Å². The second kappa shape index (κ2) is 8.08. The Morgan fingerprint density at radius 1 is 1.18 bits per heavy atom. The van der Waals surface area contributed by atoms with E-state index in [2.05, 4.69) is 20.5 Å². The third-order valence-electron chi connectivity index (χ3n) is 4.93. The lowest BCUT2D eigenvalue weighted by atomic mass is 10.2. The summed E-state index contributed by atoms with van der Waals surface area (Å²) in [4.78, 5) is 20.0. The van der Waals surface area contributed by atoms with Gasteiger partial charge in [-0.1, -0.05) is 0 Å². The van der Waals surface area contributed by atoms with Gasteiger partial charge in [-0.25, -0.2) is 4.98 Å². The Labute approximate surface area is 167 Å². The van der Waals surface area contributed by atoms with Crippen LogP contribution in [0.3, 0.4) is 0 Å². The fourth-order valence-corrected chi connectivity index (χ4v) is 4.21. The molecule has 144 valence electrons. The predicted molar refractivity (Wildman–Crippen MR) is 112 cm³/mol. The fraction of sp³-hybridized carbons (Fsp3) is 0.238. The molecule has 1 aromatic carbocycles. The van der Waals surface area contributed by atoms with E-state index < -0.39 is 5.95 Å². The quantitative estimate of drug-likeness (QED) is 0.640. The normalized spacial score (nSPS) is 16.4. The number of halogens is 1. The number of amides is 1. The van der Waals surface area contributed by atoms with E-state index >= 15 is 0 Å². The highest BCUT2D eigenvalue weighted by molar-refractivity contribution is 7.17. The van der Waals surface area contributed by atoms with Crippen molar-refractivity contribution >= 4 is 28.6 Å². The lowest BCUT2D eigenvalue weighted by Gasteiger charge is -2.19. The zero-order chi connectivity index (χ0) is 19.5. The Morgan fingerprint density at radius 3 is 2.68 bits per heavy atom. The molecule has 1 aliphatic heterocycles. The second-order valence-electron chi connectivity index (χ2n) is 6.75. The van der Waals surface area contributed by atoms with Crippen molar-refractivity contribution in [3.05, 3.63) is 65.6 Å². The molecule has 3 heterocycles. The number of anilines is 2. The molecule has 1 unspecified atom stereocenters. The van der Waals surface area contributed by atoms with Crippen LogP contribution in [0.15, 0.2) is 54.7 Å². The lowest BCUT2D eigenvalue weighted by molar-refractivity contribution is 0.103. The number of aromatic nitrogens is 1. The van der Waals surface area contributed by atoms with Gasteiger partial charge in [0.05, 0.1) is 4.88 Å². The summed E-state index contributed by atoms with van der Waals surface area (Å²) >= 11 is 1.36. The largest absolute Gasteiger partial charge is 0.370 e. The summed E-state index contributed by atoms with van der Waals surface area (Å²) in [6.07, 6.45) is 2.61. The average Bonchev–Trinajstić information content (AvgIpc) is 3.39. The standard InChI is InChI=1S/C21H21FN4OS/c1-23-16-10-11-26(13-16)17-5-3-15(4-6-17)25-21(27)19-8-7-18(28-19)14-2-9-20(22)24-12-14/h2-9,12,16,23H,10-11,13H2,1H3,(H,25,27). The Morgan fingerprint density at radius 2 is 2.00 bits per heavy atom. The fourth-order valence-electron chi connectivity index (χ4n) is 3.32. The topological polar surface area (TPSA) is 57.3 Å². The number of likely N-dealkylation sites (N-methyl/N-ethyl adjacent to an activating group) is 1. The molecule has 0 aliphatic carbocycles. The van der Waals surface area contributed by atoms with Gasteiger partial charge in [0, 0.05) is 47.1 Å². The van der Waals surface area contributed by atoms with E-state index in [9.17, 15) is 9.18 Å². The molecule has 1 aliphatic rings. The number of hydrogen-bond acceptors (Lipinski definition) is 5. The van der Waals surface area contributed by atoms with Crippen LogP contribution in [0, 0.1) is 5.95 Å². The van der Waals surface area contributed by atoms with Crippen molar-refractivity contribution in [3.63, 3.8) is 0 Å². The minimum Gasteiger partial charge on any atom is -0.370 e. The van der Waals surface area contributed by atoms with Crippen molar-refractivity contribution in [2.24, 2.45) is 0 Å². The van der Waals surface area contributed by atoms with Gasteiger partial charge in [0.25, 0.3) is 5.91 Å². The zero-order valence-electron chi connectivity index (χ0n) is 15.5. The van der Waals surface area contributed by atoms with Crippen LogP contribution in [0.4, 0.5) is 15.8 Å². The van der Waals surface area contributed by atoms with Crippen molar-refractivity contribution < 1.29 is 9.18 Å². The first kappa shape index (κ1) is 18.6. The monoisotopic (exact) mass is 396 g/mol. The average molecular weight is 396 g/mol. The number of benzene rings is 1. The Hall–Kier alpha value is -2.77. The second-order valence-corrected chi connectivity index (χ2v) is 7.84. The van der Waals surface area contributed by atoms with Gasteiger partial charge in [-0.05, 0) is 62.0 Å². The molecule has 0 spiro atoms. The number of carbonyl (C=O) groups excluding carboxylic acids is 1. The number of rotatable bonds is 5. The summed E-state index contributed by atoms with van der Waals surface area (Å²) in [6, 6.07) is 15.1. The first-order valence-corrected chi connectivity index (χ1v) is 9.99. The van der Waals surface area contributed by atoms with Crippen molar-refractivity contribution in [1.29, 1.82) is 0 Å². The highest BCUT2D eigenvalue weighted by Gasteiger charge is 2.21. The molecule has 4 rings (SSSR count). The van der Waals surface area contributed by atoms with E-state index in [1.165, 1.54) is 23.6 Å². The van der Waals surface area contributed by atoms with Gasteiger partial charge in [0.15, 0.2) is 0 Å². The molecule has 2 aromatic heterocycles. The molecule has 2 N–H and O–H groups in total. The first-order valence-electron chi connectivity index (χ1n) is 9.18. The van der Waals surface area contributed by atoms with Crippen LogP contribution in [-0.2, 0) is 0 Å². The molecule has 28 heavy (non-hydrogen) atoms. The molecular weight excluding hydrogens is 375 g/mol. The van der Waals surface area contributed by atoms with Gasteiger partial charge in [-0.2, -0.15) is 4.39 Å². The molecule has 5 nitrogen and oxygen atoms in total. The van der Waals surface area contributed by atoms with E-state index in [0.717, 1.165) is 41.3 Å². The third-order valence-corrected chi connectivity index (χ3v) is 6.06. The lowest BCUT2D eigenvalue weighted by Crippen LogP contribution is -2.29. The Balaban J connectivity index is 1.40. The number of nitrogens with one attached hydrogen (secondary N) is 2. The highest BCUT2D eigenvalue weighted by atomic mass is 32.1.